The third-order valence-electron chi connectivity index (χ3n) is 4.08. The normalized spacial score (nSPS) is 16.1. The number of anilines is 2. The van der Waals surface area contributed by atoms with Crippen LogP contribution in [0.15, 0.2) is 6.07 Å². The molecule has 0 spiro atoms. The monoisotopic (exact) mass is 276 g/mol. The second-order valence-corrected chi connectivity index (χ2v) is 5.49. The molecule has 1 N–H and O–H groups in total. The van der Waals surface area contributed by atoms with Crippen LogP contribution in [0, 0.1) is 0 Å². The van der Waals surface area contributed by atoms with Crippen molar-refractivity contribution in [2.24, 2.45) is 0 Å². The highest BCUT2D eigenvalue weighted by Crippen LogP contribution is 2.27. The van der Waals surface area contributed by atoms with E-state index in [0.29, 0.717) is 6.04 Å². The molecule has 1 aromatic rings. The fraction of sp³-hybridized carbons (Fsp3) is 0.750. The van der Waals surface area contributed by atoms with Crippen molar-refractivity contribution in [2.75, 3.05) is 23.3 Å². The number of rotatable bonds is 6. The summed E-state index contributed by atoms with van der Waals surface area (Å²) in [5.74, 6) is 3.00. The molecule has 1 heterocycles. The zero-order chi connectivity index (χ0) is 14.4. The van der Waals surface area contributed by atoms with Crippen LogP contribution in [0.1, 0.15) is 58.7 Å². The predicted octanol–water partition coefficient (Wildman–Crippen LogP) is 3.63. The van der Waals surface area contributed by atoms with Crippen LogP contribution in [0.25, 0.3) is 0 Å². The third-order valence-corrected chi connectivity index (χ3v) is 4.08. The van der Waals surface area contributed by atoms with Gasteiger partial charge in [0.05, 0.1) is 0 Å². The Morgan fingerprint density at radius 3 is 2.50 bits per heavy atom. The summed E-state index contributed by atoms with van der Waals surface area (Å²) in [4.78, 5) is 11.8. The van der Waals surface area contributed by atoms with Gasteiger partial charge in [-0.15, -0.1) is 0 Å². The first-order chi connectivity index (χ1) is 9.78. The third kappa shape index (κ3) is 3.62. The van der Waals surface area contributed by atoms with Crippen LogP contribution >= 0.6 is 0 Å². The molecular formula is C16H28N4. The lowest BCUT2D eigenvalue weighted by Gasteiger charge is -2.34. The van der Waals surface area contributed by atoms with Crippen molar-refractivity contribution in [2.45, 2.75) is 65.3 Å². The van der Waals surface area contributed by atoms with Gasteiger partial charge in [0.25, 0.3) is 0 Å². The Kier molecular flexibility index (Phi) is 5.62. The van der Waals surface area contributed by atoms with Crippen molar-refractivity contribution < 1.29 is 0 Å². The maximum atomic E-state index is 4.76. The highest BCUT2D eigenvalue weighted by Gasteiger charge is 2.21. The summed E-state index contributed by atoms with van der Waals surface area (Å²) in [5.41, 5.74) is 0. The van der Waals surface area contributed by atoms with Crippen LogP contribution < -0.4 is 10.2 Å². The molecule has 0 amide bonds. The van der Waals surface area contributed by atoms with E-state index >= 15 is 0 Å². The number of aromatic nitrogens is 2. The highest BCUT2D eigenvalue weighted by molar-refractivity contribution is 5.50. The van der Waals surface area contributed by atoms with Gasteiger partial charge in [0.1, 0.15) is 17.5 Å². The molecular weight excluding hydrogens is 248 g/mol. The van der Waals surface area contributed by atoms with Gasteiger partial charge < -0.3 is 10.2 Å². The Bertz CT molecular complexity index is 413. The van der Waals surface area contributed by atoms with Gasteiger partial charge in [0.15, 0.2) is 0 Å². The molecule has 0 radical (unpaired) electrons. The molecule has 4 heteroatoms. The van der Waals surface area contributed by atoms with E-state index in [0.717, 1.165) is 37.0 Å². The van der Waals surface area contributed by atoms with Gasteiger partial charge in [-0.1, -0.05) is 26.2 Å². The Hall–Kier alpha value is -1.32. The molecule has 2 rings (SSSR count). The lowest BCUT2D eigenvalue weighted by Crippen LogP contribution is -2.37. The lowest BCUT2D eigenvalue weighted by molar-refractivity contribution is 0.416. The SMILES string of the molecule is CCNc1cc(N(CC)C2CCCCC2)nc(CC)n1. The molecule has 1 aliphatic rings. The highest BCUT2D eigenvalue weighted by atomic mass is 15.2. The van der Waals surface area contributed by atoms with Crippen LogP contribution in [0.4, 0.5) is 11.6 Å². The van der Waals surface area contributed by atoms with Crippen molar-refractivity contribution in [3.05, 3.63) is 11.9 Å². The minimum Gasteiger partial charge on any atom is -0.370 e. The van der Waals surface area contributed by atoms with Crippen molar-refractivity contribution >= 4 is 11.6 Å². The lowest BCUT2D eigenvalue weighted by atomic mass is 9.94. The molecule has 1 fully saturated rings. The van der Waals surface area contributed by atoms with Gasteiger partial charge in [0.2, 0.25) is 0 Å². The van der Waals surface area contributed by atoms with Gasteiger partial charge in [0, 0.05) is 31.6 Å². The first kappa shape index (κ1) is 15.1. The van der Waals surface area contributed by atoms with Crippen molar-refractivity contribution in [3.63, 3.8) is 0 Å². The van der Waals surface area contributed by atoms with Crippen molar-refractivity contribution in [3.8, 4) is 0 Å². The molecule has 0 bridgehead atoms. The quantitative estimate of drug-likeness (QED) is 0.861. The predicted molar refractivity (Wildman–Crippen MR) is 85.5 cm³/mol. The standard InChI is InChI=1S/C16H28N4/c1-4-14-18-15(17-5-2)12-16(19-14)20(6-3)13-10-8-7-9-11-13/h12-13H,4-11H2,1-3H3,(H,17,18,19). The minimum absolute atomic E-state index is 0.655. The molecule has 4 nitrogen and oxygen atoms in total. The molecule has 1 saturated carbocycles. The Morgan fingerprint density at radius 2 is 1.90 bits per heavy atom. The fourth-order valence-corrected chi connectivity index (χ4v) is 3.06. The van der Waals surface area contributed by atoms with Gasteiger partial charge in [-0.25, -0.2) is 9.97 Å². The largest absolute Gasteiger partial charge is 0.370 e. The average Bonchev–Trinajstić information content (AvgIpc) is 2.49. The van der Waals surface area contributed by atoms with E-state index in [4.69, 9.17) is 4.98 Å². The number of aryl methyl sites for hydroxylation is 1. The Labute approximate surface area is 123 Å². The average molecular weight is 276 g/mol. The zero-order valence-electron chi connectivity index (χ0n) is 13.2. The molecule has 0 unspecified atom stereocenters. The minimum atomic E-state index is 0.655. The molecule has 1 aliphatic carbocycles. The number of hydrogen-bond donors (Lipinski definition) is 1. The molecule has 1 aromatic heterocycles. The number of hydrogen-bond acceptors (Lipinski definition) is 4. The molecule has 0 aliphatic heterocycles. The van der Waals surface area contributed by atoms with Gasteiger partial charge >= 0.3 is 0 Å². The van der Waals surface area contributed by atoms with E-state index < -0.39 is 0 Å². The molecule has 0 saturated heterocycles. The topological polar surface area (TPSA) is 41.0 Å². The van der Waals surface area contributed by atoms with Gasteiger partial charge in [-0.05, 0) is 26.7 Å². The molecule has 0 aromatic carbocycles. The Balaban J connectivity index is 2.24. The second kappa shape index (κ2) is 7.46. The summed E-state index contributed by atoms with van der Waals surface area (Å²) < 4.78 is 0. The second-order valence-electron chi connectivity index (χ2n) is 5.49. The Morgan fingerprint density at radius 1 is 1.15 bits per heavy atom. The first-order valence-electron chi connectivity index (χ1n) is 8.16. The van der Waals surface area contributed by atoms with E-state index in [1.54, 1.807) is 0 Å². The summed E-state index contributed by atoms with van der Waals surface area (Å²) >= 11 is 0. The van der Waals surface area contributed by atoms with E-state index in [1.807, 2.05) is 0 Å². The van der Waals surface area contributed by atoms with E-state index in [2.05, 4.69) is 42.0 Å². The summed E-state index contributed by atoms with van der Waals surface area (Å²) in [5, 5.41) is 3.33. The van der Waals surface area contributed by atoms with Crippen LogP contribution in [-0.2, 0) is 6.42 Å². The summed E-state index contributed by atoms with van der Waals surface area (Å²) in [6, 6.07) is 2.77. The van der Waals surface area contributed by atoms with Gasteiger partial charge in [-0.3, -0.25) is 0 Å². The first-order valence-corrected chi connectivity index (χ1v) is 8.16. The zero-order valence-corrected chi connectivity index (χ0v) is 13.2. The molecule has 20 heavy (non-hydrogen) atoms. The van der Waals surface area contributed by atoms with Crippen molar-refractivity contribution in [1.82, 2.24) is 9.97 Å². The fourth-order valence-electron chi connectivity index (χ4n) is 3.06. The summed E-state index contributed by atoms with van der Waals surface area (Å²) in [7, 11) is 0. The van der Waals surface area contributed by atoms with E-state index in [1.165, 1.54) is 32.1 Å². The van der Waals surface area contributed by atoms with E-state index in [-0.39, 0.29) is 0 Å². The smallest absolute Gasteiger partial charge is 0.134 e. The summed E-state index contributed by atoms with van der Waals surface area (Å²) in [6.07, 6.45) is 7.58. The van der Waals surface area contributed by atoms with Crippen LogP contribution in [0.5, 0.6) is 0 Å². The van der Waals surface area contributed by atoms with Crippen LogP contribution in [-0.4, -0.2) is 29.1 Å². The number of nitrogens with one attached hydrogen (secondary N) is 1. The number of nitrogens with zero attached hydrogens (tertiary/aromatic N) is 3. The van der Waals surface area contributed by atoms with Gasteiger partial charge in [-0.2, -0.15) is 0 Å². The van der Waals surface area contributed by atoms with Crippen LogP contribution in [0.3, 0.4) is 0 Å². The van der Waals surface area contributed by atoms with Crippen LogP contribution in [0.2, 0.25) is 0 Å². The van der Waals surface area contributed by atoms with Crippen molar-refractivity contribution in [1.29, 1.82) is 0 Å². The molecule has 112 valence electrons. The summed E-state index contributed by atoms with van der Waals surface area (Å²) in [6.45, 7) is 8.37. The molecule has 0 atom stereocenters. The maximum Gasteiger partial charge on any atom is 0.134 e. The maximum absolute atomic E-state index is 4.76. The van der Waals surface area contributed by atoms with E-state index in [9.17, 15) is 0 Å².